The van der Waals surface area contributed by atoms with E-state index >= 15 is 0 Å². The van der Waals surface area contributed by atoms with Gasteiger partial charge in [-0.05, 0) is 43.5 Å². The zero-order valence-electron chi connectivity index (χ0n) is 18.8. The van der Waals surface area contributed by atoms with Crippen LogP contribution in [0.1, 0.15) is 42.6 Å². The zero-order chi connectivity index (χ0) is 23.0. The lowest BCUT2D eigenvalue weighted by Crippen LogP contribution is -2.28. The second kappa shape index (κ2) is 8.46. The molecular weight excluding hydrogens is 418 g/mol. The van der Waals surface area contributed by atoms with Gasteiger partial charge >= 0.3 is 0 Å². The van der Waals surface area contributed by atoms with Gasteiger partial charge in [-0.1, -0.05) is 6.92 Å². The summed E-state index contributed by atoms with van der Waals surface area (Å²) in [5.41, 5.74) is 5.08. The molecule has 1 atom stereocenters. The molecule has 5 rings (SSSR count). The average Bonchev–Trinajstić information content (AvgIpc) is 3.39. The van der Waals surface area contributed by atoms with Gasteiger partial charge in [0.05, 0.1) is 41.0 Å². The van der Waals surface area contributed by atoms with E-state index in [0.29, 0.717) is 29.8 Å². The number of aliphatic hydroxyl groups excluding tert-OH is 1. The number of hydrogen-bond acceptors (Lipinski definition) is 8. The predicted octanol–water partition coefficient (Wildman–Crippen LogP) is 3.29. The maximum Gasteiger partial charge on any atom is 0.227 e. The Balaban J connectivity index is 1.45. The van der Waals surface area contributed by atoms with Crippen LogP contribution >= 0.6 is 0 Å². The van der Waals surface area contributed by atoms with Crippen LogP contribution in [0.15, 0.2) is 30.6 Å². The van der Waals surface area contributed by atoms with E-state index in [2.05, 4.69) is 26.8 Å². The summed E-state index contributed by atoms with van der Waals surface area (Å²) in [5.74, 6) is 0.462. The molecule has 2 aliphatic heterocycles. The quantitative estimate of drug-likeness (QED) is 0.547. The number of anilines is 3. The number of aliphatic hydroxyl groups is 1. The second-order valence-electron chi connectivity index (χ2n) is 8.97. The summed E-state index contributed by atoms with van der Waals surface area (Å²) in [6.45, 7) is 6.05. The first-order chi connectivity index (χ1) is 16.0. The molecule has 3 aromatic rings. The highest BCUT2D eigenvalue weighted by Gasteiger charge is 2.36. The number of benzene rings is 1. The number of aromatic nitrogens is 4. The number of hydrogen-bond donors (Lipinski definition) is 3. The Hall–Kier alpha value is -3.48. The molecule has 33 heavy (non-hydrogen) atoms. The first-order valence-electron chi connectivity index (χ1n) is 11.2. The molecule has 170 valence electrons. The van der Waals surface area contributed by atoms with Crippen molar-refractivity contribution >= 4 is 17.3 Å². The van der Waals surface area contributed by atoms with Crippen LogP contribution in [0.5, 0.6) is 0 Å². The van der Waals surface area contributed by atoms with Crippen molar-refractivity contribution in [3.05, 3.63) is 47.4 Å². The lowest BCUT2D eigenvalue weighted by molar-refractivity contribution is 0.0662. The van der Waals surface area contributed by atoms with Crippen LogP contribution < -0.4 is 10.6 Å². The van der Waals surface area contributed by atoms with E-state index in [9.17, 15) is 10.4 Å². The van der Waals surface area contributed by atoms with Crippen LogP contribution in [0.2, 0.25) is 0 Å². The summed E-state index contributed by atoms with van der Waals surface area (Å²) in [5, 5.41) is 30.9. The fraction of sp³-hybridized carbons (Fsp3) is 0.417. The summed E-state index contributed by atoms with van der Waals surface area (Å²) < 4.78 is 7.47. The molecule has 2 aliphatic rings. The molecule has 0 amide bonds. The lowest BCUT2D eigenvalue weighted by atomic mass is 9.83. The number of nitrogens with one attached hydrogen (secondary N) is 2. The van der Waals surface area contributed by atoms with Gasteiger partial charge in [0.15, 0.2) is 0 Å². The van der Waals surface area contributed by atoms with Gasteiger partial charge in [0, 0.05) is 43.1 Å². The maximum atomic E-state index is 9.95. The molecule has 9 heteroatoms. The monoisotopic (exact) mass is 445 g/mol. The van der Waals surface area contributed by atoms with Crippen molar-refractivity contribution in [3.63, 3.8) is 0 Å². The average molecular weight is 446 g/mol. The van der Waals surface area contributed by atoms with Crippen molar-refractivity contribution in [3.8, 4) is 17.3 Å². The van der Waals surface area contributed by atoms with E-state index in [0.717, 1.165) is 54.3 Å². The van der Waals surface area contributed by atoms with E-state index in [-0.39, 0.29) is 6.61 Å². The smallest absolute Gasteiger partial charge is 0.227 e. The Kier molecular flexibility index (Phi) is 5.48. The largest absolute Gasteiger partial charge is 0.395 e. The fourth-order valence-electron chi connectivity index (χ4n) is 4.51. The normalized spacial score (nSPS) is 20.2. The van der Waals surface area contributed by atoms with Gasteiger partial charge in [0.1, 0.15) is 6.07 Å². The molecule has 0 spiro atoms. The Bertz CT molecular complexity index is 1230. The van der Waals surface area contributed by atoms with E-state index in [1.807, 2.05) is 42.9 Å². The third kappa shape index (κ3) is 3.92. The zero-order valence-corrected chi connectivity index (χ0v) is 18.8. The van der Waals surface area contributed by atoms with E-state index in [1.54, 1.807) is 6.20 Å². The maximum absolute atomic E-state index is 9.95. The molecule has 0 aliphatic carbocycles. The molecule has 0 radical (unpaired) electrons. The van der Waals surface area contributed by atoms with Crippen molar-refractivity contribution in [2.24, 2.45) is 0 Å². The molecule has 4 heterocycles. The lowest BCUT2D eigenvalue weighted by Gasteiger charge is -2.22. The van der Waals surface area contributed by atoms with Crippen molar-refractivity contribution in [1.82, 2.24) is 19.7 Å². The van der Waals surface area contributed by atoms with Gasteiger partial charge < -0.3 is 20.5 Å². The molecule has 2 aromatic heterocycles. The summed E-state index contributed by atoms with van der Waals surface area (Å²) in [7, 11) is 0. The van der Waals surface area contributed by atoms with Crippen LogP contribution in [0.25, 0.3) is 11.3 Å². The Morgan fingerprint density at radius 1 is 1.36 bits per heavy atom. The summed E-state index contributed by atoms with van der Waals surface area (Å²) >= 11 is 0. The second-order valence-corrected chi connectivity index (χ2v) is 8.97. The van der Waals surface area contributed by atoms with Gasteiger partial charge in [0.2, 0.25) is 5.95 Å². The predicted molar refractivity (Wildman–Crippen MR) is 124 cm³/mol. The van der Waals surface area contributed by atoms with E-state index in [1.165, 1.54) is 0 Å². The first-order valence-corrected chi connectivity index (χ1v) is 11.2. The third-order valence-corrected chi connectivity index (χ3v) is 6.59. The number of fused-ring (bicyclic) bond motifs is 1. The van der Waals surface area contributed by atoms with Gasteiger partial charge in [-0.25, -0.2) is 9.97 Å². The Morgan fingerprint density at radius 3 is 2.94 bits per heavy atom. The van der Waals surface area contributed by atoms with Crippen molar-refractivity contribution in [1.29, 1.82) is 5.26 Å². The highest BCUT2D eigenvalue weighted by atomic mass is 16.5. The van der Waals surface area contributed by atoms with Crippen LogP contribution in [-0.2, 0) is 10.2 Å². The van der Waals surface area contributed by atoms with Crippen molar-refractivity contribution in [2.45, 2.75) is 38.1 Å². The first kappa shape index (κ1) is 21.4. The molecule has 1 aromatic carbocycles. The fourth-order valence-corrected chi connectivity index (χ4v) is 4.51. The third-order valence-electron chi connectivity index (χ3n) is 6.59. The van der Waals surface area contributed by atoms with Crippen LogP contribution in [0.4, 0.5) is 17.3 Å². The molecule has 9 nitrogen and oxygen atoms in total. The summed E-state index contributed by atoms with van der Waals surface area (Å²) in [4.78, 5) is 9.09. The van der Waals surface area contributed by atoms with Crippen LogP contribution in [0.3, 0.4) is 0 Å². The SMILES string of the molecule is Cc1nn(C2CCOCC2)cc1Nc1nccc(-c2cc(C#N)c3c(c2)[C@@](C)(CO)CN3)n1. The van der Waals surface area contributed by atoms with Crippen molar-refractivity contribution < 1.29 is 9.84 Å². The molecule has 3 N–H and O–H groups in total. The van der Waals surface area contributed by atoms with Crippen LogP contribution in [0, 0.1) is 18.3 Å². The molecule has 0 bridgehead atoms. The van der Waals surface area contributed by atoms with Crippen LogP contribution in [-0.4, -0.2) is 51.2 Å². The highest BCUT2D eigenvalue weighted by Crippen LogP contribution is 2.41. The Morgan fingerprint density at radius 2 is 2.18 bits per heavy atom. The van der Waals surface area contributed by atoms with Gasteiger partial charge in [-0.2, -0.15) is 10.4 Å². The minimum Gasteiger partial charge on any atom is -0.395 e. The van der Waals surface area contributed by atoms with Gasteiger partial charge in [-0.3, -0.25) is 4.68 Å². The minimum atomic E-state index is -0.444. The van der Waals surface area contributed by atoms with Gasteiger partial charge in [-0.15, -0.1) is 0 Å². The molecule has 1 saturated heterocycles. The topological polar surface area (TPSA) is 121 Å². The number of nitrogens with zero attached hydrogens (tertiary/aromatic N) is 5. The number of ether oxygens (including phenoxy) is 1. The highest BCUT2D eigenvalue weighted by molar-refractivity contribution is 5.76. The standard InChI is InChI=1S/C24H27N7O2/c1-15-21(12-31(30-15)18-4-7-33-8-5-18)29-23-26-6-3-20(28-23)16-9-17(11-25)22-19(10-16)24(2,14-32)13-27-22/h3,6,9-10,12,18,27,32H,4-5,7-8,13-14H2,1-2H3,(H,26,28,29)/t24-/m1/s1. The summed E-state index contributed by atoms with van der Waals surface area (Å²) in [6, 6.07) is 8.27. The van der Waals surface area contributed by atoms with Gasteiger partial charge in [0.25, 0.3) is 0 Å². The van der Waals surface area contributed by atoms with Crippen molar-refractivity contribution in [2.75, 3.05) is 37.0 Å². The number of aryl methyl sites for hydroxylation is 1. The minimum absolute atomic E-state index is 0.00567. The summed E-state index contributed by atoms with van der Waals surface area (Å²) in [6.07, 6.45) is 5.61. The molecule has 0 saturated carbocycles. The number of rotatable bonds is 5. The molecule has 0 unspecified atom stereocenters. The van der Waals surface area contributed by atoms with E-state index < -0.39 is 5.41 Å². The molecule has 1 fully saturated rings. The molecular formula is C24H27N7O2. The Labute approximate surface area is 192 Å². The van der Waals surface area contributed by atoms with E-state index in [4.69, 9.17) is 9.72 Å². The number of nitriles is 1.